The maximum atomic E-state index is 11.7. The van der Waals surface area contributed by atoms with Gasteiger partial charge >= 0.3 is 0 Å². The molecule has 0 heterocycles. The van der Waals surface area contributed by atoms with Crippen LogP contribution < -0.4 is 0 Å². The molecule has 2 heteroatoms. The second-order valence-corrected chi connectivity index (χ2v) is 8.90. The third-order valence-corrected chi connectivity index (χ3v) is 5.00. The van der Waals surface area contributed by atoms with E-state index in [1.165, 1.54) is 0 Å². The summed E-state index contributed by atoms with van der Waals surface area (Å²) >= 11 is 0. The number of hydrogen-bond acceptors (Lipinski definition) is 2. The van der Waals surface area contributed by atoms with Gasteiger partial charge < -0.3 is 9.90 Å². The first-order valence-electron chi connectivity index (χ1n) is 8.73. The lowest BCUT2D eigenvalue weighted by Crippen LogP contribution is -2.25. The van der Waals surface area contributed by atoms with Gasteiger partial charge in [0.25, 0.3) is 0 Å². The Balaban J connectivity index is 3.54. The van der Waals surface area contributed by atoms with Gasteiger partial charge in [0.2, 0.25) is 0 Å². The molecule has 0 bridgehead atoms. The standard InChI is InChI=1S/C21H34O2/c1-9-21(10-2,14-22)13-15-11-16(19(3,4)5)18(23)17(12-15)20(6,7)8/h11-12,14,23H,9-10,13H2,1-8H3. The predicted octanol–water partition coefficient (Wildman–Crippen LogP) is 5.54. The van der Waals surface area contributed by atoms with Crippen LogP contribution in [0.15, 0.2) is 12.1 Å². The largest absolute Gasteiger partial charge is 0.507 e. The molecule has 0 radical (unpaired) electrons. The van der Waals surface area contributed by atoms with Crippen LogP contribution in [-0.2, 0) is 22.0 Å². The van der Waals surface area contributed by atoms with Gasteiger partial charge in [0.1, 0.15) is 12.0 Å². The van der Waals surface area contributed by atoms with Crippen molar-refractivity contribution in [1.82, 2.24) is 0 Å². The number of aldehydes is 1. The molecule has 1 rings (SSSR count). The average Bonchev–Trinajstić information content (AvgIpc) is 2.44. The maximum absolute atomic E-state index is 11.7. The highest BCUT2D eigenvalue weighted by atomic mass is 16.3. The summed E-state index contributed by atoms with van der Waals surface area (Å²) in [5.74, 6) is 0.401. The lowest BCUT2D eigenvalue weighted by atomic mass is 9.74. The van der Waals surface area contributed by atoms with Gasteiger partial charge in [0.05, 0.1) is 0 Å². The molecular formula is C21H34O2. The van der Waals surface area contributed by atoms with Crippen molar-refractivity contribution in [2.24, 2.45) is 5.41 Å². The van der Waals surface area contributed by atoms with E-state index in [1.54, 1.807) is 0 Å². The number of aromatic hydroxyl groups is 1. The van der Waals surface area contributed by atoms with Crippen LogP contribution in [0.4, 0.5) is 0 Å². The van der Waals surface area contributed by atoms with Crippen molar-refractivity contribution in [2.45, 2.75) is 85.5 Å². The van der Waals surface area contributed by atoms with Crippen LogP contribution in [0.1, 0.15) is 84.9 Å². The summed E-state index contributed by atoms with van der Waals surface area (Å²) in [6.45, 7) is 16.8. The van der Waals surface area contributed by atoms with Crippen molar-refractivity contribution in [2.75, 3.05) is 0 Å². The molecule has 23 heavy (non-hydrogen) atoms. The summed E-state index contributed by atoms with van der Waals surface area (Å²) < 4.78 is 0. The topological polar surface area (TPSA) is 37.3 Å². The number of carbonyl (C=O) groups is 1. The highest BCUT2D eigenvalue weighted by Crippen LogP contribution is 2.41. The summed E-state index contributed by atoms with van der Waals surface area (Å²) in [5, 5.41) is 10.8. The third-order valence-electron chi connectivity index (χ3n) is 5.00. The first kappa shape index (κ1) is 19.7. The van der Waals surface area contributed by atoms with E-state index in [0.29, 0.717) is 5.75 Å². The Bertz CT molecular complexity index is 517. The van der Waals surface area contributed by atoms with Gasteiger partial charge in [-0.25, -0.2) is 0 Å². The predicted molar refractivity (Wildman–Crippen MR) is 98.3 cm³/mol. The molecule has 0 aliphatic heterocycles. The fraction of sp³-hybridized carbons (Fsp3) is 0.667. The number of phenolic OH excluding ortho intramolecular Hbond substituents is 1. The SMILES string of the molecule is CCC(C=O)(CC)Cc1cc(C(C)(C)C)c(O)c(C(C)(C)C)c1. The second-order valence-electron chi connectivity index (χ2n) is 8.90. The molecule has 130 valence electrons. The summed E-state index contributed by atoms with van der Waals surface area (Å²) in [7, 11) is 0. The Hall–Kier alpha value is -1.31. The van der Waals surface area contributed by atoms with Crippen molar-refractivity contribution in [3.05, 3.63) is 28.8 Å². The van der Waals surface area contributed by atoms with E-state index in [1.807, 2.05) is 0 Å². The van der Waals surface area contributed by atoms with E-state index in [2.05, 4.69) is 67.5 Å². The molecule has 1 aromatic carbocycles. The molecular weight excluding hydrogens is 284 g/mol. The second kappa shape index (κ2) is 6.67. The van der Waals surface area contributed by atoms with Crippen LogP contribution in [0.25, 0.3) is 0 Å². The molecule has 0 atom stereocenters. The van der Waals surface area contributed by atoms with Gasteiger partial charge in [-0.05, 0) is 46.8 Å². The van der Waals surface area contributed by atoms with Crippen LogP contribution in [0.2, 0.25) is 0 Å². The third kappa shape index (κ3) is 4.37. The number of phenols is 1. The molecule has 0 unspecified atom stereocenters. The zero-order valence-corrected chi connectivity index (χ0v) is 16.2. The lowest BCUT2D eigenvalue weighted by molar-refractivity contribution is -0.116. The molecule has 0 spiro atoms. The Kier molecular flexibility index (Phi) is 5.72. The average molecular weight is 319 g/mol. The Morgan fingerprint density at radius 3 is 1.57 bits per heavy atom. The Morgan fingerprint density at radius 2 is 1.30 bits per heavy atom. The molecule has 0 aliphatic rings. The van der Waals surface area contributed by atoms with Crippen LogP contribution in [0.3, 0.4) is 0 Å². The van der Waals surface area contributed by atoms with Crippen molar-refractivity contribution >= 4 is 6.29 Å². The van der Waals surface area contributed by atoms with E-state index < -0.39 is 0 Å². The smallest absolute Gasteiger partial charge is 0.126 e. The fourth-order valence-corrected chi connectivity index (χ4v) is 3.05. The number of hydrogen-bond donors (Lipinski definition) is 1. The van der Waals surface area contributed by atoms with Crippen molar-refractivity contribution < 1.29 is 9.90 Å². The highest BCUT2D eigenvalue weighted by molar-refractivity contribution is 5.60. The number of carbonyl (C=O) groups excluding carboxylic acids is 1. The van der Waals surface area contributed by atoms with Gasteiger partial charge in [0, 0.05) is 5.41 Å². The van der Waals surface area contributed by atoms with Gasteiger partial charge in [-0.3, -0.25) is 0 Å². The minimum Gasteiger partial charge on any atom is -0.507 e. The number of benzene rings is 1. The van der Waals surface area contributed by atoms with Gasteiger partial charge in [0.15, 0.2) is 0 Å². The van der Waals surface area contributed by atoms with E-state index >= 15 is 0 Å². The normalized spacial score (nSPS) is 13.2. The summed E-state index contributed by atoms with van der Waals surface area (Å²) in [6.07, 6.45) is 3.52. The van der Waals surface area contributed by atoms with E-state index in [-0.39, 0.29) is 16.2 Å². The molecule has 0 saturated heterocycles. The van der Waals surface area contributed by atoms with Crippen LogP contribution in [0.5, 0.6) is 5.75 Å². The van der Waals surface area contributed by atoms with Crippen molar-refractivity contribution in [3.63, 3.8) is 0 Å². The molecule has 0 amide bonds. The van der Waals surface area contributed by atoms with Gasteiger partial charge in [-0.2, -0.15) is 0 Å². The van der Waals surface area contributed by atoms with E-state index in [0.717, 1.165) is 42.2 Å². The van der Waals surface area contributed by atoms with E-state index in [4.69, 9.17) is 0 Å². The van der Waals surface area contributed by atoms with Crippen LogP contribution in [0, 0.1) is 5.41 Å². The first-order valence-corrected chi connectivity index (χ1v) is 8.73. The Morgan fingerprint density at radius 1 is 0.913 bits per heavy atom. The highest BCUT2D eigenvalue weighted by Gasteiger charge is 2.30. The lowest BCUT2D eigenvalue weighted by Gasteiger charge is -2.30. The van der Waals surface area contributed by atoms with Gasteiger partial charge in [-0.15, -0.1) is 0 Å². The zero-order valence-electron chi connectivity index (χ0n) is 16.2. The fourth-order valence-electron chi connectivity index (χ4n) is 3.05. The molecule has 0 saturated carbocycles. The summed E-state index contributed by atoms with van der Waals surface area (Å²) in [6, 6.07) is 4.18. The molecule has 0 aliphatic carbocycles. The first-order chi connectivity index (χ1) is 10.4. The maximum Gasteiger partial charge on any atom is 0.126 e. The zero-order chi connectivity index (χ0) is 18.1. The van der Waals surface area contributed by atoms with E-state index in [9.17, 15) is 9.90 Å². The minimum atomic E-state index is -0.304. The minimum absolute atomic E-state index is 0.137. The molecule has 1 aromatic rings. The molecule has 0 aromatic heterocycles. The summed E-state index contributed by atoms with van der Waals surface area (Å²) in [5.41, 5.74) is 2.50. The van der Waals surface area contributed by atoms with Crippen molar-refractivity contribution in [3.8, 4) is 5.75 Å². The van der Waals surface area contributed by atoms with Gasteiger partial charge in [-0.1, -0.05) is 67.5 Å². The number of rotatable bonds is 5. The quantitative estimate of drug-likeness (QED) is 0.724. The summed E-state index contributed by atoms with van der Waals surface area (Å²) in [4.78, 5) is 11.7. The van der Waals surface area contributed by atoms with Crippen LogP contribution >= 0.6 is 0 Å². The van der Waals surface area contributed by atoms with Crippen LogP contribution in [-0.4, -0.2) is 11.4 Å². The Labute approximate surface area is 142 Å². The molecule has 1 N–H and O–H groups in total. The molecule has 2 nitrogen and oxygen atoms in total. The monoisotopic (exact) mass is 318 g/mol. The van der Waals surface area contributed by atoms with Crippen molar-refractivity contribution in [1.29, 1.82) is 0 Å². The molecule has 0 fully saturated rings.